The Balaban J connectivity index is 1.66. The van der Waals surface area contributed by atoms with Crippen LogP contribution >= 0.6 is 0 Å². The lowest BCUT2D eigenvalue weighted by molar-refractivity contribution is -0.138. The number of carbonyl (C=O) groups excluding carboxylic acids is 2. The molecule has 0 aromatic heterocycles. The number of amides is 2. The summed E-state index contributed by atoms with van der Waals surface area (Å²) in [5.74, 6) is -0.822. The van der Waals surface area contributed by atoms with E-state index in [0.717, 1.165) is 44.9 Å². The highest BCUT2D eigenvalue weighted by Gasteiger charge is 2.47. The lowest BCUT2D eigenvalue weighted by Crippen LogP contribution is -2.38. The Kier molecular flexibility index (Phi) is 8.78. The van der Waals surface area contributed by atoms with Crippen LogP contribution in [0, 0.1) is 11.8 Å². The topological polar surface area (TPSA) is 105 Å². The summed E-state index contributed by atoms with van der Waals surface area (Å²) in [6.45, 7) is 0.516. The van der Waals surface area contributed by atoms with E-state index in [0.29, 0.717) is 37.0 Å². The monoisotopic (exact) mass is 380 g/mol. The van der Waals surface area contributed by atoms with Gasteiger partial charge in [0.1, 0.15) is 0 Å². The van der Waals surface area contributed by atoms with Gasteiger partial charge in [-0.15, -0.1) is 0 Å². The molecule has 0 spiro atoms. The minimum absolute atomic E-state index is 0.223. The van der Waals surface area contributed by atoms with E-state index < -0.39 is 17.8 Å². The van der Waals surface area contributed by atoms with Crippen LogP contribution in [0.25, 0.3) is 0 Å². The molecule has 27 heavy (non-hydrogen) atoms. The van der Waals surface area contributed by atoms with Gasteiger partial charge < -0.3 is 20.5 Å². The molecular weight excluding hydrogens is 348 g/mol. The van der Waals surface area contributed by atoms with E-state index in [2.05, 4.69) is 22.8 Å². The number of fused-ring (bicyclic) bond motifs is 2. The maximum Gasteiger partial charge on any atom is 0.309 e. The van der Waals surface area contributed by atoms with Crippen molar-refractivity contribution in [2.45, 2.75) is 70.0 Å². The van der Waals surface area contributed by atoms with Crippen molar-refractivity contribution in [3.05, 3.63) is 12.2 Å². The molecule has 2 fully saturated rings. The number of unbranched alkanes of at least 4 members (excludes halogenated alkanes) is 2. The molecule has 2 heterocycles. The predicted molar refractivity (Wildman–Crippen MR) is 101 cm³/mol. The third kappa shape index (κ3) is 6.65. The summed E-state index contributed by atoms with van der Waals surface area (Å²) in [4.78, 5) is 33.1. The summed E-state index contributed by atoms with van der Waals surface area (Å²) in [5, 5.41) is 13.6. The number of likely N-dealkylation sites (N-methyl/N-ethyl adjacent to an activating group) is 1. The van der Waals surface area contributed by atoms with Gasteiger partial charge in [0.2, 0.25) is 0 Å². The van der Waals surface area contributed by atoms with Gasteiger partial charge in [0.15, 0.2) is 0 Å². The van der Waals surface area contributed by atoms with Gasteiger partial charge in [0.05, 0.1) is 12.2 Å². The molecule has 0 aliphatic carbocycles. The number of ether oxygens (including phenoxy) is 1. The lowest BCUT2D eigenvalue weighted by Gasteiger charge is -2.27. The third-order valence-electron chi connectivity index (χ3n) is 5.61. The minimum Gasteiger partial charge on any atom is -0.481 e. The average molecular weight is 380 g/mol. The van der Waals surface area contributed by atoms with Gasteiger partial charge in [0, 0.05) is 20.0 Å². The lowest BCUT2D eigenvalue weighted by atomic mass is 9.75. The Morgan fingerprint density at radius 1 is 1.04 bits per heavy atom. The van der Waals surface area contributed by atoms with Crippen LogP contribution < -0.4 is 10.6 Å². The zero-order valence-corrected chi connectivity index (χ0v) is 16.1. The van der Waals surface area contributed by atoms with E-state index in [1.807, 2.05) is 0 Å². The van der Waals surface area contributed by atoms with Crippen molar-refractivity contribution in [1.29, 1.82) is 0 Å². The molecule has 7 nitrogen and oxygen atoms in total. The molecule has 2 aliphatic heterocycles. The molecule has 2 amide bonds. The highest BCUT2D eigenvalue weighted by molar-refractivity contribution is 6.34. The first-order valence-corrected chi connectivity index (χ1v) is 10.0. The molecule has 2 saturated heterocycles. The van der Waals surface area contributed by atoms with Crippen LogP contribution in [0.4, 0.5) is 0 Å². The van der Waals surface area contributed by atoms with Crippen molar-refractivity contribution in [2.24, 2.45) is 11.8 Å². The third-order valence-corrected chi connectivity index (χ3v) is 5.61. The second-order valence-electron chi connectivity index (χ2n) is 7.44. The zero-order chi connectivity index (χ0) is 19.6. The van der Waals surface area contributed by atoms with E-state index in [4.69, 9.17) is 9.84 Å². The van der Waals surface area contributed by atoms with Crippen molar-refractivity contribution < 1.29 is 24.2 Å². The van der Waals surface area contributed by atoms with Gasteiger partial charge in [0.25, 0.3) is 0 Å². The summed E-state index contributed by atoms with van der Waals surface area (Å²) in [6.07, 6.45) is 12.9. The molecule has 0 unspecified atom stereocenters. The molecule has 7 heteroatoms. The van der Waals surface area contributed by atoms with Crippen molar-refractivity contribution in [1.82, 2.24) is 10.6 Å². The van der Waals surface area contributed by atoms with Gasteiger partial charge in [-0.2, -0.15) is 0 Å². The number of hydrogen-bond donors (Lipinski definition) is 3. The van der Waals surface area contributed by atoms with Gasteiger partial charge >= 0.3 is 17.8 Å². The number of carbonyl (C=O) groups is 3. The van der Waals surface area contributed by atoms with E-state index in [1.54, 1.807) is 0 Å². The van der Waals surface area contributed by atoms with Crippen LogP contribution in [0.15, 0.2) is 12.2 Å². The van der Waals surface area contributed by atoms with Gasteiger partial charge in [-0.25, -0.2) is 0 Å². The minimum atomic E-state index is -0.739. The summed E-state index contributed by atoms with van der Waals surface area (Å²) in [6, 6.07) is 0. The molecule has 2 rings (SSSR count). The quantitative estimate of drug-likeness (QED) is 0.289. The van der Waals surface area contributed by atoms with Crippen molar-refractivity contribution >= 4 is 17.8 Å². The van der Waals surface area contributed by atoms with Crippen LogP contribution in [0.3, 0.4) is 0 Å². The molecular formula is C20H32N2O5. The maximum absolute atomic E-state index is 11.4. The van der Waals surface area contributed by atoms with Crippen LogP contribution in [-0.4, -0.2) is 48.7 Å². The molecule has 0 radical (unpaired) electrons. The predicted octanol–water partition coefficient (Wildman–Crippen LogP) is 2.01. The fraction of sp³-hybridized carbons (Fsp3) is 0.750. The Hall–Kier alpha value is -1.89. The smallest absolute Gasteiger partial charge is 0.309 e. The summed E-state index contributed by atoms with van der Waals surface area (Å²) in [7, 11) is 1.44. The summed E-state index contributed by atoms with van der Waals surface area (Å²) < 4.78 is 6.11. The number of carboxylic acid groups (broad SMARTS) is 1. The molecule has 0 aromatic carbocycles. The normalized spacial score (nSPS) is 26.4. The van der Waals surface area contributed by atoms with Crippen molar-refractivity contribution in [3.63, 3.8) is 0 Å². The molecule has 3 N–H and O–H groups in total. The first kappa shape index (κ1) is 21.4. The number of rotatable bonds is 11. The highest BCUT2D eigenvalue weighted by Crippen LogP contribution is 2.47. The van der Waals surface area contributed by atoms with E-state index in [-0.39, 0.29) is 6.42 Å². The number of hydrogen-bond acceptors (Lipinski definition) is 4. The van der Waals surface area contributed by atoms with Crippen LogP contribution in [-0.2, 0) is 19.1 Å². The Morgan fingerprint density at radius 2 is 1.78 bits per heavy atom. The number of carboxylic acids is 1. The molecule has 0 aromatic rings. The number of aliphatic carboxylic acids is 1. The molecule has 2 bridgehead atoms. The largest absolute Gasteiger partial charge is 0.481 e. The van der Waals surface area contributed by atoms with Crippen molar-refractivity contribution in [2.75, 3.05) is 13.6 Å². The average Bonchev–Trinajstić information content (AvgIpc) is 3.25. The van der Waals surface area contributed by atoms with Crippen LogP contribution in [0.2, 0.25) is 0 Å². The van der Waals surface area contributed by atoms with Crippen LogP contribution in [0.1, 0.15) is 57.8 Å². The Morgan fingerprint density at radius 3 is 2.48 bits per heavy atom. The first-order valence-electron chi connectivity index (χ1n) is 10.0. The second-order valence-corrected chi connectivity index (χ2v) is 7.44. The Bertz CT molecular complexity index is 548. The molecule has 152 valence electrons. The molecule has 4 atom stereocenters. The van der Waals surface area contributed by atoms with E-state index in [1.165, 1.54) is 7.05 Å². The number of nitrogens with one attached hydrogen (secondary N) is 2. The fourth-order valence-corrected chi connectivity index (χ4v) is 4.24. The number of allylic oxidation sites excluding steroid dienone is 2. The first-order chi connectivity index (χ1) is 13.0. The summed E-state index contributed by atoms with van der Waals surface area (Å²) in [5.41, 5.74) is 0. The molecule has 0 saturated carbocycles. The molecule has 2 aliphatic rings. The van der Waals surface area contributed by atoms with E-state index >= 15 is 0 Å². The highest BCUT2D eigenvalue weighted by atomic mass is 16.5. The fourth-order valence-electron chi connectivity index (χ4n) is 4.24. The summed E-state index contributed by atoms with van der Waals surface area (Å²) >= 11 is 0. The standard InChI is InChI=1S/C20H32N2O5/c1-21-19(25)20(26)22-13-7-6-9-15-14(16-11-12-17(15)27-16)8-4-2-3-5-10-18(23)24/h2,4,14-17H,3,5-13H2,1H3,(H,21,25)(H,22,26)(H,23,24)/b4-2-/t14-,15+,16-,17+/m1/s1. The maximum atomic E-state index is 11.4. The van der Waals surface area contributed by atoms with Gasteiger partial charge in [-0.3, -0.25) is 14.4 Å². The van der Waals surface area contributed by atoms with Gasteiger partial charge in [-0.1, -0.05) is 18.6 Å². The SMILES string of the molecule is CNC(=O)C(=O)NCCCC[C@H]1[C@@H](C/C=C\CCCC(=O)O)[C@H]2CC[C@@H]1O2. The van der Waals surface area contributed by atoms with Crippen LogP contribution in [0.5, 0.6) is 0 Å². The second kappa shape index (κ2) is 11.1. The Labute approximate surface area is 160 Å². The van der Waals surface area contributed by atoms with Gasteiger partial charge in [-0.05, 0) is 56.8 Å². The van der Waals surface area contributed by atoms with Crippen molar-refractivity contribution in [3.8, 4) is 0 Å². The zero-order valence-electron chi connectivity index (χ0n) is 16.1. The van der Waals surface area contributed by atoms with E-state index in [9.17, 15) is 14.4 Å².